The molecule has 0 radical (unpaired) electrons. The van der Waals surface area contributed by atoms with E-state index < -0.39 is 17.9 Å². The molecule has 1 aromatic rings. The van der Waals surface area contributed by atoms with Crippen molar-refractivity contribution in [1.29, 1.82) is 0 Å². The molecule has 216 valence electrons. The molecule has 0 bridgehead atoms. The molecule has 1 atom stereocenters. The number of carbonyl (C=O) groups excluding carboxylic acids is 2. The van der Waals surface area contributed by atoms with Crippen LogP contribution in [0.2, 0.25) is 0 Å². The fourth-order valence-electron chi connectivity index (χ4n) is 5.48. The van der Waals surface area contributed by atoms with Crippen LogP contribution in [0.25, 0.3) is 0 Å². The molecule has 1 heterocycles. The minimum absolute atomic E-state index is 0.149. The first-order valence-electron chi connectivity index (χ1n) is 14.2. The first-order chi connectivity index (χ1) is 17.2. The number of nitrogens with zero attached hydrogens (tertiary/aromatic N) is 1. The lowest BCUT2D eigenvalue weighted by Gasteiger charge is -2.53. The SMILES string of the molecule is CCCCOC(=O)C(Cc1cc(C(C)(C)C)c(O)c(C(C)(C)C)c1)C(=O)OC1CC(C)(C)N(C)C(C)(C)C1. The van der Waals surface area contributed by atoms with Gasteiger partial charge in [0.05, 0.1) is 6.61 Å². The van der Waals surface area contributed by atoms with Crippen molar-refractivity contribution < 1.29 is 24.2 Å². The first-order valence-corrected chi connectivity index (χ1v) is 14.2. The van der Waals surface area contributed by atoms with Gasteiger partial charge in [-0.05, 0) is 75.1 Å². The maximum atomic E-state index is 13.6. The third kappa shape index (κ3) is 7.74. The quantitative estimate of drug-likeness (QED) is 0.229. The highest BCUT2D eigenvalue weighted by Gasteiger charge is 2.45. The summed E-state index contributed by atoms with van der Waals surface area (Å²) in [6.07, 6.45) is 2.89. The molecule has 0 saturated carbocycles. The number of piperidine rings is 1. The lowest BCUT2D eigenvalue weighted by atomic mass is 9.77. The molecule has 2 rings (SSSR count). The zero-order valence-corrected chi connectivity index (χ0v) is 26.1. The van der Waals surface area contributed by atoms with Gasteiger partial charge in [-0.3, -0.25) is 14.5 Å². The maximum Gasteiger partial charge on any atom is 0.320 e. The first kappa shape index (κ1) is 32.1. The van der Waals surface area contributed by atoms with Gasteiger partial charge >= 0.3 is 11.9 Å². The number of esters is 2. The van der Waals surface area contributed by atoms with Gasteiger partial charge in [-0.2, -0.15) is 0 Å². The van der Waals surface area contributed by atoms with Gasteiger partial charge in [0.2, 0.25) is 0 Å². The number of rotatable bonds is 8. The monoisotopic (exact) mass is 531 g/mol. The predicted molar refractivity (Wildman–Crippen MR) is 154 cm³/mol. The summed E-state index contributed by atoms with van der Waals surface area (Å²) in [7, 11) is 2.11. The zero-order valence-electron chi connectivity index (χ0n) is 26.1. The summed E-state index contributed by atoms with van der Waals surface area (Å²) in [5, 5.41) is 11.1. The summed E-state index contributed by atoms with van der Waals surface area (Å²) in [4.78, 5) is 29.2. The molecule has 1 aliphatic heterocycles. The van der Waals surface area contributed by atoms with E-state index in [2.05, 4.69) is 39.6 Å². The Morgan fingerprint density at radius 3 is 1.87 bits per heavy atom. The summed E-state index contributed by atoms with van der Waals surface area (Å²) in [6, 6.07) is 3.85. The van der Waals surface area contributed by atoms with Crippen LogP contribution in [0.3, 0.4) is 0 Å². The summed E-state index contributed by atoms with van der Waals surface area (Å²) in [6.45, 7) is 23.2. The highest BCUT2D eigenvalue weighted by atomic mass is 16.6. The molecule has 1 aromatic carbocycles. The van der Waals surface area contributed by atoms with Gasteiger partial charge in [-0.1, -0.05) is 67.0 Å². The Labute approximate surface area is 231 Å². The predicted octanol–water partition coefficient (Wildman–Crippen LogP) is 6.68. The topological polar surface area (TPSA) is 76.1 Å². The van der Waals surface area contributed by atoms with Crippen LogP contribution in [0.5, 0.6) is 5.75 Å². The van der Waals surface area contributed by atoms with Crippen molar-refractivity contribution in [3.8, 4) is 5.75 Å². The molecule has 1 N–H and O–H groups in total. The molecular weight excluding hydrogens is 478 g/mol. The Balaban J connectivity index is 2.44. The average molecular weight is 532 g/mol. The Morgan fingerprint density at radius 2 is 1.45 bits per heavy atom. The van der Waals surface area contributed by atoms with Crippen molar-refractivity contribution in [3.63, 3.8) is 0 Å². The van der Waals surface area contributed by atoms with E-state index in [1.807, 2.05) is 60.6 Å². The maximum absolute atomic E-state index is 13.6. The van der Waals surface area contributed by atoms with Crippen molar-refractivity contribution in [2.24, 2.45) is 5.92 Å². The number of likely N-dealkylation sites (tertiary alicyclic amines) is 1. The Hall–Kier alpha value is -2.08. The molecule has 38 heavy (non-hydrogen) atoms. The second-order valence-corrected chi connectivity index (χ2v) is 14.5. The van der Waals surface area contributed by atoms with Crippen molar-refractivity contribution in [2.45, 2.75) is 136 Å². The van der Waals surface area contributed by atoms with Gasteiger partial charge in [-0.25, -0.2) is 0 Å². The van der Waals surface area contributed by atoms with E-state index in [4.69, 9.17) is 9.47 Å². The van der Waals surface area contributed by atoms with Crippen LogP contribution in [0.1, 0.15) is 119 Å². The third-order valence-corrected chi connectivity index (χ3v) is 8.09. The number of unbranched alkanes of at least 4 members (excludes halogenated alkanes) is 1. The number of ether oxygens (including phenoxy) is 2. The van der Waals surface area contributed by atoms with E-state index in [9.17, 15) is 14.7 Å². The minimum atomic E-state index is -1.07. The van der Waals surface area contributed by atoms with Gasteiger partial charge < -0.3 is 14.6 Å². The van der Waals surface area contributed by atoms with Gasteiger partial charge in [0.1, 0.15) is 11.9 Å². The van der Waals surface area contributed by atoms with Crippen LogP contribution in [0.4, 0.5) is 0 Å². The molecule has 0 spiro atoms. The number of aromatic hydroxyl groups is 1. The van der Waals surface area contributed by atoms with Crippen molar-refractivity contribution in [3.05, 3.63) is 28.8 Å². The molecule has 1 unspecified atom stereocenters. The Kier molecular flexibility index (Phi) is 9.79. The summed E-state index contributed by atoms with van der Waals surface area (Å²) in [5.41, 5.74) is 1.48. The lowest BCUT2D eigenvalue weighted by molar-refractivity contribution is -0.171. The second-order valence-electron chi connectivity index (χ2n) is 14.5. The van der Waals surface area contributed by atoms with Crippen LogP contribution in [0.15, 0.2) is 12.1 Å². The van der Waals surface area contributed by atoms with Crippen LogP contribution in [-0.4, -0.2) is 52.8 Å². The molecule has 0 amide bonds. The summed E-state index contributed by atoms with van der Waals surface area (Å²) in [5.74, 6) is -1.87. The van der Waals surface area contributed by atoms with Crippen LogP contribution in [0, 0.1) is 5.92 Å². The van der Waals surface area contributed by atoms with Crippen molar-refractivity contribution in [2.75, 3.05) is 13.7 Å². The van der Waals surface area contributed by atoms with Gasteiger partial charge in [0, 0.05) is 23.9 Å². The van der Waals surface area contributed by atoms with Crippen LogP contribution in [-0.2, 0) is 36.3 Å². The number of benzene rings is 1. The Morgan fingerprint density at radius 1 is 0.974 bits per heavy atom. The molecule has 6 nitrogen and oxygen atoms in total. The molecule has 0 aliphatic carbocycles. The number of phenolic OH excluding ortho intramolecular Hbond substituents is 1. The molecular formula is C32H53NO5. The largest absolute Gasteiger partial charge is 0.507 e. The summed E-state index contributed by atoms with van der Waals surface area (Å²) < 4.78 is 11.6. The lowest BCUT2D eigenvalue weighted by Crippen LogP contribution is -2.60. The standard InChI is InChI=1S/C32H53NO5/c1-13-14-15-37-27(35)23(28(36)38-22-19-31(8,9)33(12)32(10,11)20-22)16-21-17-24(29(2,3)4)26(34)25(18-21)30(5,6)7/h17-18,22-23,34H,13-16,19-20H2,1-12H3. The molecule has 0 aromatic heterocycles. The molecule has 6 heteroatoms. The van der Waals surface area contributed by atoms with Gasteiger partial charge in [0.15, 0.2) is 5.92 Å². The number of carbonyl (C=O) groups is 2. The van der Waals surface area contributed by atoms with Crippen molar-refractivity contribution in [1.82, 2.24) is 4.90 Å². The van der Waals surface area contributed by atoms with E-state index >= 15 is 0 Å². The van der Waals surface area contributed by atoms with Crippen molar-refractivity contribution >= 4 is 11.9 Å². The van der Waals surface area contributed by atoms with E-state index in [1.54, 1.807) is 0 Å². The molecule has 1 saturated heterocycles. The summed E-state index contributed by atoms with van der Waals surface area (Å²) >= 11 is 0. The fraction of sp³-hybridized carbons (Fsp3) is 0.750. The smallest absolute Gasteiger partial charge is 0.320 e. The third-order valence-electron chi connectivity index (χ3n) is 8.09. The van der Waals surface area contributed by atoms with E-state index in [0.717, 1.165) is 29.5 Å². The van der Waals surface area contributed by atoms with Crippen LogP contribution < -0.4 is 0 Å². The van der Waals surface area contributed by atoms with Crippen LogP contribution >= 0.6 is 0 Å². The Bertz CT molecular complexity index is 943. The highest BCUT2D eigenvalue weighted by Crippen LogP contribution is 2.41. The van der Waals surface area contributed by atoms with E-state index in [1.165, 1.54) is 0 Å². The van der Waals surface area contributed by atoms with Gasteiger partial charge in [0.25, 0.3) is 0 Å². The number of hydrogen-bond acceptors (Lipinski definition) is 6. The highest BCUT2D eigenvalue weighted by molar-refractivity contribution is 5.95. The average Bonchev–Trinajstić information content (AvgIpc) is 2.74. The minimum Gasteiger partial charge on any atom is -0.507 e. The zero-order chi connectivity index (χ0) is 29.3. The van der Waals surface area contributed by atoms with E-state index in [-0.39, 0.29) is 46.8 Å². The normalized spacial score (nSPS) is 19.2. The second kappa shape index (κ2) is 11.6. The number of phenols is 1. The van der Waals surface area contributed by atoms with E-state index in [0.29, 0.717) is 12.8 Å². The number of hydrogen-bond donors (Lipinski definition) is 1. The molecule has 1 aliphatic rings. The molecule has 1 fully saturated rings. The fourth-order valence-corrected chi connectivity index (χ4v) is 5.48. The van der Waals surface area contributed by atoms with Gasteiger partial charge in [-0.15, -0.1) is 0 Å².